The molecule has 0 aromatic rings. The lowest BCUT2D eigenvalue weighted by molar-refractivity contribution is -0.371. The number of hydrogen-bond acceptors (Lipinski definition) is 9. The van der Waals surface area contributed by atoms with Gasteiger partial charge in [-0.05, 0) is 46.2 Å². The lowest BCUT2D eigenvalue weighted by Crippen LogP contribution is -2.87. The third-order valence-corrected chi connectivity index (χ3v) is 9.03. The van der Waals surface area contributed by atoms with Crippen LogP contribution in [0.15, 0.2) is 12.7 Å². The molecule has 10 heteroatoms. The molecule has 0 unspecified atom stereocenters. The number of halogens is 1. The van der Waals surface area contributed by atoms with Crippen LogP contribution < -0.4 is 0 Å². The van der Waals surface area contributed by atoms with Crippen molar-refractivity contribution in [2.45, 2.75) is 102 Å². The summed E-state index contributed by atoms with van der Waals surface area (Å²) in [5, 5.41) is 24.0. The molecular weight excluding hydrogens is 502 g/mol. The number of ketones is 1. The minimum Gasteiger partial charge on any atom is -0.458 e. The summed E-state index contributed by atoms with van der Waals surface area (Å²) in [5.41, 5.74) is -7.31. The maximum Gasteiger partial charge on any atom is 0.307 e. The van der Waals surface area contributed by atoms with Crippen molar-refractivity contribution >= 4 is 30.1 Å². The van der Waals surface area contributed by atoms with Crippen LogP contribution in [0.4, 0.5) is 0 Å². The zero-order valence-corrected chi connectivity index (χ0v) is 24.1. The van der Waals surface area contributed by atoms with Gasteiger partial charge >= 0.3 is 11.9 Å². The Bertz CT molecular complexity index is 939. The first-order valence-electron chi connectivity index (χ1n) is 12.7. The SMILES string of the molecule is C=C[C@@]1(C)CC(=O)[C@]2(O)[C@@]3(C)[C@@H](O)CCC(C)(C)[C@@H]3[C@H](OC(=O)CCN(C)C)[C@H](OC(C)=O)[C@@]2(C)O1.Cl. The van der Waals surface area contributed by atoms with Crippen molar-refractivity contribution in [1.29, 1.82) is 0 Å². The smallest absolute Gasteiger partial charge is 0.307 e. The van der Waals surface area contributed by atoms with Crippen molar-refractivity contribution in [2.24, 2.45) is 16.7 Å². The molecule has 2 aliphatic carbocycles. The molecule has 0 amide bonds. The highest BCUT2D eigenvalue weighted by Crippen LogP contribution is 2.67. The van der Waals surface area contributed by atoms with Gasteiger partial charge < -0.3 is 29.3 Å². The average Bonchev–Trinajstić information content (AvgIpc) is 2.75. The molecule has 0 spiro atoms. The fourth-order valence-corrected chi connectivity index (χ4v) is 7.27. The number of fused-ring (bicyclic) bond motifs is 3. The Labute approximate surface area is 226 Å². The van der Waals surface area contributed by atoms with Crippen LogP contribution >= 0.6 is 12.4 Å². The summed E-state index contributed by atoms with van der Waals surface area (Å²) in [4.78, 5) is 41.3. The number of carbonyl (C=O) groups excluding carboxylic acids is 3. The second kappa shape index (κ2) is 10.2. The van der Waals surface area contributed by atoms with Crippen LogP contribution in [0.1, 0.15) is 67.2 Å². The molecule has 37 heavy (non-hydrogen) atoms. The molecule has 3 aliphatic rings. The predicted octanol–water partition coefficient (Wildman–Crippen LogP) is 2.44. The molecule has 2 N–H and O–H groups in total. The standard InChI is InChI=1S/C27H43NO8.ClH/c1-10-24(5)15-18(31)27(33)25(6)17(30)11-13-23(3,4)21(25)20(35-19(32)12-14-28(8)9)22(34-16(2)29)26(27,7)36-24;/h10,17,20-22,30,33H,1,11-15H2,2-9H3;1H/t17-,20-,21-,22-,24-,25-,26+,27-;/m0./s1. The van der Waals surface area contributed by atoms with E-state index in [0.717, 1.165) is 0 Å². The van der Waals surface area contributed by atoms with Gasteiger partial charge in [0.05, 0.1) is 18.1 Å². The van der Waals surface area contributed by atoms with Gasteiger partial charge in [-0.25, -0.2) is 0 Å². The number of carbonyl (C=O) groups is 3. The predicted molar refractivity (Wildman–Crippen MR) is 139 cm³/mol. The monoisotopic (exact) mass is 545 g/mol. The van der Waals surface area contributed by atoms with Gasteiger partial charge in [0.25, 0.3) is 0 Å². The number of aliphatic hydroxyl groups is 2. The van der Waals surface area contributed by atoms with Gasteiger partial charge in [-0.3, -0.25) is 14.4 Å². The lowest BCUT2D eigenvalue weighted by atomic mass is 9.39. The summed E-state index contributed by atoms with van der Waals surface area (Å²) in [6.07, 6.45) is -1.19. The van der Waals surface area contributed by atoms with Gasteiger partial charge in [0.1, 0.15) is 11.7 Å². The highest BCUT2D eigenvalue weighted by Gasteiger charge is 2.82. The number of aliphatic hydroxyl groups excluding tert-OH is 1. The molecule has 212 valence electrons. The first kappa shape index (κ1) is 31.7. The Hall–Kier alpha value is -1.52. The van der Waals surface area contributed by atoms with Crippen LogP contribution in [0.3, 0.4) is 0 Å². The van der Waals surface area contributed by atoms with Crippen LogP contribution in [0.25, 0.3) is 0 Å². The number of esters is 2. The van der Waals surface area contributed by atoms with Crippen LogP contribution in [0.2, 0.25) is 0 Å². The summed E-state index contributed by atoms with van der Waals surface area (Å²) < 4.78 is 18.4. The van der Waals surface area contributed by atoms with Crippen LogP contribution in [0.5, 0.6) is 0 Å². The Kier molecular flexibility index (Phi) is 8.76. The maximum atomic E-state index is 13.9. The van der Waals surface area contributed by atoms with E-state index < -0.39 is 69.6 Å². The van der Waals surface area contributed by atoms with Gasteiger partial charge in [-0.1, -0.05) is 26.8 Å². The molecule has 0 aromatic heterocycles. The second-order valence-corrected chi connectivity index (χ2v) is 12.4. The van der Waals surface area contributed by atoms with E-state index in [-0.39, 0.29) is 25.2 Å². The molecule has 8 atom stereocenters. The van der Waals surface area contributed by atoms with Gasteiger partial charge in [0, 0.05) is 31.2 Å². The third-order valence-electron chi connectivity index (χ3n) is 9.03. The van der Waals surface area contributed by atoms with E-state index >= 15 is 0 Å². The summed E-state index contributed by atoms with van der Waals surface area (Å²) in [5.74, 6) is -2.43. The van der Waals surface area contributed by atoms with Crippen molar-refractivity contribution in [3.63, 3.8) is 0 Å². The Morgan fingerprint density at radius 2 is 1.78 bits per heavy atom. The van der Waals surface area contributed by atoms with Crippen LogP contribution in [-0.2, 0) is 28.6 Å². The molecule has 3 rings (SSSR count). The summed E-state index contributed by atoms with van der Waals surface area (Å²) in [6, 6.07) is 0. The second-order valence-electron chi connectivity index (χ2n) is 12.4. The van der Waals surface area contributed by atoms with Crippen molar-refractivity contribution in [3.8, 4) is 0 Å². The molecule has 0 radical (unpaired) electrons. The fourth-order valence-electron chi connectivity index (χ4n) is 7.27. The topological polar surface area (TPSA) is 123 Å². The zero-order chi connectivity index (χ0) is 27.5. The van der Waals surface area contributed by atoms with E-state index in [1.54, 1.807) is 13.8 Å². The molecule has 0 bridgehead atoms. The molecule has 3 fully saturated rings. The van der Waals surface area contributed by atoms with E-state index in [1.165, 1.54) is 19.9 Å². The van der Waals surface area contributed by atoms with Gasteiger partial charge in [0.2, 0.25) is 0 Å². The minimum atomic E-state index is -2.24. The van der Waals surface area contributed by atoms with Crippen molar-refractivity contribution < 1.29 is 38.8 Å². The maximum absolute atomic E-state index is 13.9. The van der Waals surface area contributed by atoms with Gasteiger partial charge in [0.15, 0.2) is 17.5 Å². The average molecular weight is 546 g/mol. The van der Waals surface area contributed by atoms with E-state index in [1.807, 2.05) is 32.8 Å². The Morgan fingerprint density at radius 1 is 1.19 bits per heavy atom. The van der Waals surface area contributed by atoms with Crippen LogP contribution in [-0.4, -0.2) is 88.6 Å². The molecule has 2 saturated carbocycles. The van der Waals surface area contributed by atoms with E-state index in [2.05, 4.69) is 6.58 Å². The Morgan fingerprint density at radius 3 is 2.30 bits per heavy atom. The van der Waals surface area contributed by atoms with Gasteiger partial charge in [-0.15, -0.1) is 19.0 Å². The number of nitrogens with zero attached hydrogens (tertiary/aromatic N) is 1. The highest BCUT2D eigenvalue weighted by atomic mass is 35.5. The minimum absolute atomic E-state index is 0. The van der Waals surface area contributed by atoms with Crippen molar-refractivity contribution in [1.82, 2.24) is 4.90 Å². The first-order chi connectivity index (χ1) is 16.4. The fraction of sp³-hybridized carbons (Fsp3) is 0.815. The molecule has 1 heterocycles. The summed E-state index contributed by atoms with van der Waals surface area (Å²) in [7, 11) is 3.68. The summed E-state index contributed by atoms with van der Waals surface area (Å²) in [6.45, 7) is 14.2. The van der Waals surface area contributed by atoms with E-state index in [9.17, 15) is 24.6 Å². The molecule has 9 nitrogen and oxygen atoms in total. The summed E-state index contributed by atoms with van der Waals surface area (Å²) >= 11 is 0. The third kappa shape index (κ3) is 4.75. The highest BCUT2D eigenvalue weighted by molar-refractivity contribution is 5.92. The van der Waals surface area contributed by atoms with Crippen molar-refractivity contribution in [3.05, 3.63) is 12.7 Å². The number of ether oxygens (including phenoxy) is 3. The molecular formula is C27H44ClNO8. The van der Waals surface area contributed by atoms with E-state index in [4.69, 9.17) is 14.2 Å². The number of hydrogen-bond donors (Lipinski definition) is 2. The lowest BCUT2D eigenvalue weighted by Gasteiger charge is -2.71. The zero-order valence-electron chi connectivity index (χ0n) is 23.3. The Balaban J connectivity index is 0.00000481. The quantitative estimate of drug-likeness (QED) is 0.382. The van der Waals surface area contributed by atoms with Crippen molar-refractivity contribution in [2.75, 3.05) is 20.6 Å². The van der Waals surface area contributed by atoms with Gasteiger partial charge in [-0.2, -0.15) is 0 Å². The normalized spacial score (nSPS) is 42.6. The van der Waals surface area contributed by atoms with E-state index in [0.29, 0.717) is 19.4 Å². The first-order valence-corrected chi connectivity index (χ1v) is 12.7. The molecule has 1 aliphatic heterocycles. The number of rotatable bonds is 6. The molecule has 1 saturated heterocycles. The largest absolute Gasteiger partial charge is 0.458 e. The molecule has 0 aromatic carbocycles. The number of Topliss-reactive ketones (excluding diaryl/α,β-unsaturated/α-hetero) is 1. The van der Waals surface area contributed by atoms with Crippen LogP contribution in [0, 0.1) is 16.7 Å².